The fraction of sp³-hybridized carbons (Fsp3) is 0.905. The molecule has 0 radical (unpaired) electrons. The van der Waals surface area contributed by atoms with E-state index in [2.05, 4.69) is 13.0 Å². The number of ether oxygens (including phenoxy) is 2. The number of rotatable bonds is 16. The van der Waals surface area contributed by atoms with E-state index in [0.717, 1.165) is 6.42 Å². The standard InChI is InChI=1S/C21H40O5/c1-2-3-4-5-6-7-8-9-10-11-12-13-14-15-25-19(16-22)21-20(24)18(23)17-26-21/h13-14,18-24H,2-12,15-17H2,1H3/b14-13+/t18-,19+,20+,21+/m1/s1. The third-order valence-electron chi connectivity index (χ3n) is 5.03. The van der Waals surface area contributed by atoms with Gasteiger partial charge in [0, 0.05) is 0 Å². The van der Waals surface area contributed by atoms with E-state index in [9.17, 15) is 15.3 Å². The van der Waals surface area contributed by atoms with Gasteiger partial charge in [0.05, 0.1) is 19.8 Å². The summed E-state index contributed by atoms with van der Waals surface area (Å²) in [5, 5.41) is 28.6. The van der Waals surface area contributed by atoms with E-state index in [4.69, 9.17) is 9.47 Å². The molecule has 0 aromatic rings. The normalized spacial score (nSPS) is 24.5. The first kappa shape index (κ1) is 23.6. The average molecular weight is 373 g/mol. The Hall–Kier alpha value is -0.460. The van der Waals surface area contributed by atoms with Crippen LogP contribution in [0.15, 0.2) is 12.2 Å². The van der Waals surface area contributed by atoms with Crippen molar-refractivity contribution in [2.75, 3.05) is 19.8 Å². The third kappa shape index (κ3) is 10.0. The lowest BCUT2D eigenvalue weighted by atomic mass is 10.1. The molecule has 1 rings (SSSR count). The molecule has 1 heterocycles. The summed E-state index contributed by atoms with van der Waals surface area (Å²) in [6.07, 6.45) is 15.4. The van der Waals surface area contributed by atoms with Crippen LogP contribution in [-0.4, -0.2) is 59.6 Å². The molecule has 154 valence electrons. The van der Waals surface area contributed by atoms with Crippen LogP contribution in [0.25, 0.3) is 0 Å². The monoisotopic (exact) mass is 372 g/mol. The second-order valence-corrected chi connectivity index (χ2v) is 7.35. The first-order valence-corrected chi connectivity index (χ1v) is 10.6. The Kier molecular flexibility index (Phi) is 14.1. The molecule has 5 heteroatoms. The highest BCUT2D eigenvalue weighted by Gasteiger charge is 2.40. The summed E-state index contributed by atoms with van der Waals surface area (Å²) in [7, 11) is 0. The van der Waals surface area contributed by atoms with Gasteiger partial charge in [-0.05, 0) is 12.8 Å². The van der Waals surface area contributed by atoms with Crippen LogP contribution in [-0.2, 0) is 9.47 Å². The van der Waals surface area contributed by atoms with Gasteiger partial charge in [0.1, 0.15) is 24.4 Å². The molecule has 1 aliphatic heterocycles. The lowest BCUT2D eigenvalue weighted by Crippen LogP contribution is -2.42. The summed E-state index contributed by atoms with van der Waals surface area (Å²) in [5.41, 5.74) is 0. The molecule has 26 heavy (non-hydrogen) atoms. The Morgan fingerprint density at radius 2 is 1.58 bits per heavy atom. The summed E-state index contributed by atoms with van der Waals surface area (Å²) >= 11 is 0. The molecule has 0 aromatic carbocycles. The Labute approximate surface area is 159 Å². The summed E-state index contributed by atoms with van der Waals surface area (Å²) in [5.74, 6) is 0. The fourth-order valence-electron chi connectivity index (χ4n) is 3.32. The Balaban J connectivity index is 1.94. The molecular formula is C21H40O5. The minimum atomic E-state index is -0.997. The molecule has 3 N–H and O–H groups in total. The van der Waals surface area contributed by atoms with Gasteiger partial charge in [0.15, 0.2) is 0 Å². The van der Waals surface area contributed by atoms with Crippen molar-refractivity contribution >= 4 is 0 Å². The number of allylic oxidation sites excluding steroid dienone is 1. The second-order valence-electron chi connectivity index (χ2n) is 7.35. The second kappa shape index (κ2) is 15.6. The molecule has 1 aliphatic rings. The van der Waals surface area contributed by atoms with Gasteiger partial charge < -0.3 is 24.8 Å². The Morgan fingerprint density at radius 3 is 2.12 bits per heavy atom. The maximum absolute atomic E-state index is 9.79. The third-order valence-corrected chi connectivity index (χ3v) is 5.03. The minimum absolute atomic E-state index is 0.0836. The summed E-state index contributed by atoms with van der Waals surface area (Å²) in [4.78, 5) is 0. The van der Waals surface area contributed by atoms with Gasteiger partial charge in [0.2, 0.25) is 0 Å². The minimum Gasteiger partial charge on any atom is -0.394 e. The van der Waals surface area contributed by atoms with E-state index in [1.54, 1.807) is 0 Å². The number of aliphatic hydroxyl groups is 3. The molecular weight excluding hydrogens is 332 g/mol. The highest BCUT2D eigenvalue weighted by Crippen LogP contribution is 2.19. The highest BCUT2D eigenvalue weighted by atomic mass is 16.6. The first-order valence-electron chi connectivity index (χ1n) is 10.6. The van der Waals surface area contributed by atoms with E-state index in [0.29, 0.717) is 6.61 Å². The molecule has 0 bridgehead atoms. The van der Waals surface area contributed by atoms with Gasteiger partial charge in [-0.2, -0.15) is 0 Å². The van der Waals surface area contributed by atoms with Crippen LogP contribution >= 0.6 is 0 Å². The number of unbranched alkanes of at least 4 members (excludes halogenated alkanes) is 10. The predicted octanol–water partition coefficient (Wildman–Crippen LogP) is 3.35. The highest BCUT2D eigenvalue weighted by molar-refractivity contribution is 4.89. The SMILES string of the molecule is CCCCCCCCCCCC/C=C/CO[C@@H](CO)[C@@H]1OC[C@@H](O)[C@@H]1O. The van der Waals surface area contributed by atoms with Gasteiger partial charge in [-0.15, -0.1) is 0 Å². The van der Waals surface area contributed by atoms with Crippen LogP contribution < -0.4 is 0 Å². The maximum atomic E-state index is 9.79. The predicted molar refractivity (Wildman–Crippen MR) is 104 cm³/mol. The van der Waals surface area contributed by atoms with Crippen LogP contribution in [0.4, 0.5) is 0 Å². The van der Waals surface area contributed by atoms with Crippen molar-refractivity contribution in [2.24, 2.45) is 0 Å². The van der Waals surface area contributed by atoms with E-state index < -0.39 is 24.4 Å². The Bertz CT molecular complexity index is 347. The van der Waals surface area contributed by atoms with Crippen molar-refractivity contribution in [2.45, 2.75) is 102 Å². The van der Waals surface area contributed by atoms with Crippen molar-refractivity contribution in [3.63, 3.8) is 0 Å². The largest absolute Gasteiger partial charge is 0.394 e. The number of aliphatic hydroxyl groups excluding tert-OH is 3. The van der Waals surface area contributed by atoms with Gasteiger partial charge in [0.25, 0.3) is 0 Å². The summed E-state index contributed by atoms with van der Waals surface area (Å²) in [6.45, 7) is 2.48. The summed E-state index contributed by atoms with van der Waals surface area (Å²) < 4.78 is 10.9. The van der Waals surface area contributed by atoms with Crippen molar-refractivity contribution in [3.8, 4) is 0 Å². The molecule has 0 aliphatic carbocycles. The van der Waals surface area contributed by atoms with Crippen molar-refractivity contribution in [3.05, 3.63) is 12.2 Å². The zero-order valence-corrected chi connectivity index (χ0v) is 16.5. The van der Waals surface area contributed by atoms with Crippen LogP contribution in [0.5, 0.6) is 0 Å². The van der Waals surface area contributed by atoms with Gasteiger partial charge >= 0.3 is 0 Å². The van der Waals surface area contributed by atoms with Crippen LogP contribution in [0, 0.1) is 0 Å². The van der Waals surface area contributed by atoms with E-state index in [1.807, 2.05) is 6.08 Å². The first-order chi connectivity index (χ1) is 12.7. The molecule has 0 saturated carbocycles. The van der Waals surface area contributed by atoms with Crippen LogP contribution in [0.2, 0.25) is 0 Å². The lowest BCUT2D eigenvalue weighted by molar-refractivity contribution is -0.0942. The van der Waals surface area contributed by atoms with E-state index in [-0.39, 0.29) is 13.2 Å². The topological polar surface area (TPSA) is 79.2 Å². The fourth-order valence-corrected chi connectivity index (χ4v) is 3.32. The average Bonchev–Trinajstić information content (AvgIpc) is 2.98. The number of hydrogen-bond acceptors (Lipinski definition) is 5. The van der Waals surface area contributed by atoms with Gasteiger partial charge in [-0.3, -0.25) is 0 Å². The molecule has 0 aromatic heterocycles. The number of hydrogen-bond donors (Lipinski definition) is 3. The zero-order valence-electron chi connectivity index (χ0n) is 16.5. The molecule has 1 saturated heterocycles. The quantitative estimate of drug-likeness (QED) is 0.286. The van der Waals surface area contributed by atoms with Crippen molar-refractivity contribution in [1.82, 2.24) is 0 Å². The molecule has 0 spiro atoms. The van der Waals surface area contributed by atoms with E-state index >= 15 is 0 Å². The van der Waals surface area contributed by atoms with Gasteiger partial charge in [-0.25, -0.2) is 0 Å². The Morgan fingerprint density at radius 1 is 0.962 bits per heavy atom. The molecule has 0 amide bonds. The van der Waals surface area contributed by atoms with Crippen molar-refractivity contribution < 1.29 is 24.8 Å². The molecule has 0 unspecified atom stereocenters. The molecule has 5 nitrogen and oxygen atoms in total. The van der Waals surface area contributed by atoms with E-state index in [1.165, 1.54) is 64.2 Å². The maximum Gasteiger partial charge on any atom is 0.114 e. The smallest absolute Gasteiger partial charge is 0.114 e. The lowest BCUT2D eigenvalue weighted by Gasteiger charge is -2.23. The van der Waals surface area contributed by atoms with Crippen molar-refractivity contribution in [1.29, 1.82) is 0 Å². The molecule has 1 fully saturated rings. The zero-order chi connectivity index (χ0) is 19.0. The van der Waals surface area contributed by atoms with Crippen LogP contribution in [0.3, 0.4) is 0 Å². The summed E-state index contributed by atoms with van der Waals surface area (Å²) in [6, 6.07) is 0. The van der Waals surface area contributed by atoms with Crippen LogP contribution in [0.1, 0.15) is 77.6 Å². The molecule has 4 atom stereocenters. The van der Waals surface area contributed by atoms with Gasteiger partial charge in [-0.1, -0.05) is 76.9 Å².